The van der Waals surface area contributed by atoms with Crippen LogP contribution in [-0.4, -0.2) is 29.3 Å². The van der Waals surface area contributed by atoms with Crippen LogP contribution >= 0.6 is 24.8 Å². The van der Waals surface area contributed by atoms with Crippen LogP contribution in [0, 0.1) is 0 Å². The number of fused-ring (bicyclic) bond motifs is 1. The Bertz CT molecular complexity index is 465. The van der Waals surface area contributed by atoms with Crippen molar-refractivity contribution in [2.75, 3.05) is 18.4 Å². The van der Waals surface area contributed by atoms with Gasteiger partial charge < -0.3 is 10.6 Å². The number of rotatable bonds is 2. The highest BCUT2D eigenvalue weighted by atomic mass is 35.5. The Morgan fingerprint density at radius 2 is 2.18 bits per heavy atom. The second-order valence-electron chi connectivity index (χ2n) is 4.01. The summed E-state index contributed by atoms with van der Waals surface area (Å²) in [7, 11) is 0. The molecule has 2 heterocycles. The van der Waals surface area contributed by atoms with Crippen LogP contribution in [0.25, 0.3) is 10.9 Å². The van der Waals surface area contributed by atoms with Crippen molar-refractivity contribution in [3.05, 3.63) is 24.4 Å². The fourth-order valence-electron chi connectivity index (χ4n) is 2.05. The number of aromatic nitrogens is 2. The molecule has 1 fully saturated rings. The zero-order chi connectivity index (χ0) is 10.1. The van der Waals surface area contributed by atoms with Crippen LogP contribution < -0.4 is 10.6 Å². The van der Waals surface area contributed by atoms with E-state index in [9.17, 15) is 0 Å². The Labute approximate surface area is 112 Å². The second-order valence-corrected chi connectivity index (χ2v) is 4.01. The number of hydrogen-bond donors (Lipinski definition) is 3. The number of anilines is 1. The maximum absolute atomic E-state index is 4.01. The molecule has 6 heteroatoms. The predicted octanol–water partition coefficient (Wildman–Crippen LogP) is 2.18. The van der Waals surface area contributed by atoms with Crippen molar-refractivity contribution in [3.8, 4) is 0 Å². The molecular formula is C11H16Cl2N4. The van der Waals surface area contributed by atoms with Crippen molar-refractivity contribution in [3.63, 3.8) is 0 Å². The standard InChI is InChI=1S/C11H14N4.2ClH/c1-2-11-8(6-13-15-11)5-9(1)14-10-3-4-12-7-10;;/h1-2,5-6,10,12,14H,3-4,7H2,(H,13,15);2*1H. The lowest BCUT2D eigenvalue weighted by Gasteiger charge is -2.12. The van der Waals surface area contributed by atoms with Crippen LogP contribution in [0.15, 0.2) is 24.4 Å². The van der Waals surface area contributed by atoms with Gasteiger partial charge in [0.2, 0.25) is 0 Å². The summed E-state index contributed by atoms with van der Waals surface area (Å²) in [6.45, 7) is 2.18. The molecule has 2 aromatic rings. The minimum atomic E-state index is 0. The van der Waals surface area contributed by atoms with Crippen molar-refractivity contribution < 1.29 is 0 Å². The number of benzene rings is 1. The number of aromatic amines is 1. The number of nitrogens with one attached hydrogen (secondary N) is 3. The fraction of sp³-hybridized carbons (Fsp3) is 0.364. The van der Waals surface area contributed by atoms with Crippen molar-refractivity contribution in [1.82, 2.24) is 15.5 Å². The zero-order valence-electron chi connectivity index (χ0n) is 9.27. The van der Waals surface area contributed by atoms with Gasteiger partial charge in [-0.25, -0.2) is 0 Å². The molecule has 4 nitrogen and oxygen atoms in total. The smallest absolute Gasteiger partial charge is 0.0651 e. The van der Waals surface area contributed by atoms with Gasteiger partial charge in [0.1, 0.15) is 0 Å². The average molecular weight is 275 g/mol. The Morgan fingerprint density at radius 1 is 1.29 bits per heavy atom. The number of hydrogen-bond acceptors (Lipinski definition) is 3. The molecule has 1 unspecified atom stereocenters. The minimum absolute atomic E-state index is 0. The van der Waals surface area contributed by atoms with Crippen LogP contribution in [0.3, 0.4) is 0 Å². The normalized spacial score (nSPS) is 18.5. The van der Waals surface area contributed by atoms with E-state index in [2.05, 4.69) is 39.0 Å². The monoisotopic (exact) mass is 274 g/mol. The molecule has 1 aromatic heterocycles. The summed E-state index contributed by atoms with van der Waals surface area (Å²) >= 11 is 0. The molecule has 1 atom stereocenters. The van der Waals surface area contributed by atoms with Crippen molar-refractivity contribution in [2.45, 2.75) is 12.5 Å². The Hall–Kier alpha value is -0.970. The van der Waals surface area contributed by atoms with E-state index in [4.69, 9.17) is 0 Å². The van der Waals surface area contributed by atoms with Gasteiger partial charge in [0.25, 0.3) is 0 Å². The first-order valence-corrected chi connectivity index (χ1v) is 5.32. The lowest BCUT2D eigenvalue weighted by Crippen LogP contribution is -2.21. The van der Waals surface area contributed by atoms with E-state index < -0.39 is 0 Å². The summed E-state index contributed by atoms with van der Waals surface area (Å²) in [5, 5.41) is 15.0. The topological polar surface area (TPSA) is 52.7 Å². The largest absolute Gasteiger partial charge is 0.381 e. The van der Waals surface area contributed by atoms with Gasteiger partial charge in [0, 0.05) is 23.7 Å². The van der Waals surface area contributed by atoms with Gasteiger partial charge in [0.05, 0.1) is 11.7 Å². The molecule has 1 saturated heterocycles. The molecule has 0 aliphatic carbocycles. The van der Waals surface area contributed by atoms with Gasteiger partial charge >= 0.3 is 0 Å². The molecule has 3 rings (SSSR count). The van der Waals surface area contributed by atoms with E-state index in [1.165, 1.54) is 12.1 Å². The molecule has 1 aliphatic rings. The molecule has 1 aromatic carbocycles. The van der Waals surface area contributed by atoms with Crippen LogP contribution in [0.2, 0.25) is 0 Å². The highest BCUT2D eigenvalue weighted by Crippen LogP contribution is 2.18. The van der Waals surface area contributed by atoms with E-state index in [-0.39, 0.29) is 24.8 Å². The van der Waals surface area contributed by atoms with Crippen LogP contribution in [0.4, 0.5) is 5.69 Å². The Kier molecular flexibility index (Phi) is 5.05. The molecule has 17 heavy (non-hydrogen) atoms. The lowest BCUT2D eigenvalue weighted by atomic mass is 10.2. The summed E-state index contributed by atoms with van der Waals surface area (Å²) < 4.78 is 0. The molecule has 0 saturated carbocycles. The first kappa shape index (κ1) is 14.1. The third-order valence-corrected chi connectivity index (χ3v) is 2.87. The predicted molar refractivity (Wildman–Crippen MR) is 75.5 cm³/mol. The first-order chi connectivity index (χ1) is 7.42. The maximum Gasteiger partial charge on any atom is 0.0651 e. The average Bonchev–Trinajstić information content (AvgIpc) is 2.87. The van der Waals surface area contributed by atoms with Crippen LogP contribution in [0.5, 0.6) is 0 Å². The third kappa shape index (κ3) is 3.03. The minimum Gasteiger partial charge on any atom is -0.381 e. The van der Waals surface area contributed by atoms with E-state index >= 15 is 0 Å². The van der Waals surface area contributed by atoms with Crippen molar-refractivity contribution >= 4 is 41.4 Å². The lowest BCUT2D eigenvalue weighted by molar-refractivity contribution is 0.793. The summed E-state index contributed by atoms with van der Waals surface area (Å²) in [5.74, 6) is 0. The molecule has 0 spiro atoms. The van der Waals surface area contributed by atoms with Gasteiger partial charge in [-0.15, -0.1) is 24.8 Å². The third-order valence-electron chi connectivity index (χ3n) is 2.87. The molecule has 0 radical (unpaired) electrons. The number of halogens is 2. The summed E-state index contributed by atoms with van der Waals surface area (Å²) in [5.41, 5.74) is 2.27. The van der Waals surface area contributed by atoms with Crippen molar-refractivity contribution in [1.29, 1.82) is 0 Å². The molecule has 0 bridgehead atoms. The van der Waals surface area contributed by atoms with E-state index in [1.54, 1.807) is 0 Å². The molecule has 94 valence electrons. The molecule has 3 N–H and O–H groups in total. The quantitative estimate of drug-likeness (QED) is 0.787. The zero-order valence-corrected chi connectivity index (χ0v) is 10.9. The van der Waals surface area contributed by atoms with Gasteiger partial charge in [-0.2, -0.15) is 5.10 Å². The van der Waals surface area contributed by atoms with Crippen LogP contribution in [-0.2, 0) is 0 Å². The van der Waals surface area contributed by atoms with Gasteiger partial charge in [-0.3, -0.25) is 5.10 Å². The van der Waals surface area contributed by atoms with E-state index in [0.29, 0.717) is 6.04 Å². The molecule has 1 aliphatic heterocycles. The molecule has 0 amide bonds. The fourth-order valence-corrected chi connectivity index (χ4v) is 2.05. The highest BCUT2D eigenvalue weighted by Gasteiger charge is 2.13. The molecular weight excluding hydrogens is 259 g/mol. The summed E-state index contributed by atoms with van der Waals surface area (Å²) in [6.07, 6.45) is 3.05. The highest BCUT2D eigenvalue weighted by molar-refractivity contribution is 5.85. The Balaban J connectivity index is 0.000000722. The van der Waals surface area contributed by atoms with E-state index in [0.717, 1.165) is 24.0 Å². The van der Waals surface area contributed by atoms with Gasteiger partial charge in [-0.05, 0) is 31.2 Å². The maximum atomic E-state index is 4.01. The van der Waals surface area contributed by atoms with Gasteiger partial charge in [-0.1, -0.05) is 0 Å². The first-order valence-electron chi connectivity index (χ1n) is 5.32. The SMILES string of the molecule is Cl.Cl.c1cc2[nH]ncc2cc1NC1CCNC1. The van der Waals surface area contributed by atoms with Crippen molar-refractivity contribution in [2.24, 2.45) is 0 Å². The Morgan fingerprint density at radius 3 is 2.94 bits per heavy atom. The van der Waals surface area contributed by atoms with Crippen LogP contribution in [0.1, 0.15) is 6.42 Å². The van der Waals surface area contributed by atoms with Gasteiger partial charge in [0.15, 0.2) is 0 Å². The van der Waals surface area contributed by atoms with E-state index in [1.807, 2.05) is 6.20 Å². The summed E-state index contributed by atoms with van der Waals surface area (Å²) in [6, 6.07) is 6.86. The number of nitrogens with zero attached hydrogens (tertiary/aromatic N) is 1. The summed E-state index contributed by atoms with van der Waals surface area (Å²) in [4.78, 5) is 0. The number of H-pyrrole nitrogens is 1. The second kappa shape index (κ2) is 6.10.